The molecule has 125 valence electrons. The molecule has 0 spiro atoms. The van der Waals surface area contributed by atoms with Crippen LogP contribution in [0.15, 0.2) is 24.3 Å². The molecule has 0 aliphatic heterocycles. The Morgan fingerprint density at radius 2 is 1.59 bits per heavy atom. The predicted octanol–water partition coefficient (Wildman–Crippen LogP) is 5.39. The van der Waals surface area contributed by atoms with Gasteiger partial charge in [-0.15, -0.1) is 0 Å². The van der Waals surface area contributed by atoms with E-state index in [0.717, 1.165) is 12.2 Å². The van der Waals surface area contributed by atoms with E-state index in [9.17, 15) is 5.11 Å². The number of aliphatic hydroxyl groups is 1. The summed E-state index contributed by atoms with van der Waals surface area (Å²) in [6, 6.07) is 10.4. The monoisotopic (exact) mass is 305 g/mol. The van der Waals surface area contributed by atoms with Crippen molar-refractivity contribution in [2.45, 2.75) is 77.7 Å². The van der Waals surface area contributed by atoms with Gasteiger partial charge < -0.3 is 9.84 Å². The summed E-state index contributed by atoms with van der Waals surface area (Å²) in [4.78, 5) is 0. The van der Waals surface area contributed by atoms with Crippen molar-refractivity contribution in [2.75, 3.05) is 6.61 Å². The molecule has 0 aromatic heterocycles. The molecule has 0 fully saturated rings. The first-order chi connectivity index (χ1) is 10.8. The summed E-state index contributed by atoms with van der Waals surface area (Å²) in [5, 5.41) is 9.55. The van der Waals surface area contributed by atoms with Gasteiger partial charge in [-0.2, -0.15) is 0 Å². The van der Waals surface area contributed by atoms with E-state index in [1.165, 1.54) is 51.4 Å². The number of benzene rings is 1. The second kappa shape index (κ2) is 12.5. The zero-order chi connectivity index (χ0) is 16.0. The van der Waals surface area contributed by atoms with Gasteiger partial charge in [0.1, 0.15) is 11.9 Å². The van der Waals surface area contributed by atoms with Gasteiger partial charge in [0, 0.05) is 0 Å². The normalized spacial score (nSPS) is 13.8. The van der Waals surface area contributed by atoms with E-state index in [4.69, 9.17) is 4.74 Å². The molecule has 0 saturated heterocycles. The molecule has 2 heteroatoms. The fourth-order valence-electron chi connectivity index (χ4n) is 2.74. The second-order valence-corrected chi connectivity index (χ2v) is 6.32. The molecule has 1 rings (SSSR count). The van der Waals surface area contributed by atoms with Crippen molar-refractivity contribution in [1.82, 2.24) is 0 Å². The van der Waals surface area contributed by atoms with Crippen molar-refractivity contribution < 1.29 is 9.84 Å². The third-order valence-electron chi connectivity index (χ3n) is 4.30. The van der Waals surface area contributed by atoms with Crippen molar-refractivity contribution in [1.29, 1.82) is 0 Å². The summed E-state index contributed by atoms with van der Waals surface area (Å²) in [5.41, 5.74) is 0. The van der Waals surface area contributed by atoms with Crippen LogP contribution in [0, 0.1) is 12.0 Å². The largest absolute Gasteiger partial charge is 0.488 e. The summed E-state index contributed by atoms with van der Waals surface area (Å²) >= 11 is 0. The Bertz CT molecular complexity index is 350. The van der Waals surface area contributed by atoms with E-state index >= 15 is 0 Å². The van der Waals surface area contributed by atoms with Crippen molar-refractivity contribution in [3.63, 3.8) is 0 Å². The fraction of sp³-hybridized carbons (Fsp3) is 0.700. The molecular weight excluding hydrogens is 272 g/mol. The van der Waals surface area contributed by atoms with E-state index < -0.39 is 0 Å². The van der Waals surface area contributed by atoms with E-state index in [1.54, 1.807) is 0 Å². The zero-order valence-corrected chi connectivity index (χ0v) is 14.4. The van der Waals surface area contributed by atoms with Gasteiger partial charge in [0.2, 0.25) is 0 Å². The van der Waals surface area contributed by atoms with Crippen LogP contribution in [0.4, 0.5) is 0 Å². The van der Waals surface area contributed by atoms with Gasteiger partial charge in [-0.3, -0.25) is 0 Å². The summed E-state index contributed by atoms with van der Waals surface area (Å²) in [6.07, 6.45) is 11.7. The van der Waals surface area contributed by atoms with Crippen molar-refractivity contribution in [3.05, 3.63) is 30.3 Å². The highest BCUT2D eigenvalue weighted by Crippen LogP contribution is 2.20. The lowest BCUT2D eigenvalue weighted by molar-refractivity contribution is 0.0695. The van der Waals surface area contributed by atoms with E-state index in [0.29, 0.717) is 5.92 Å². The Balaban J connectivity index is 2.13. The average molecular weight is 305 g/mol. The van der Waals surface area contributed by atoms with Gasteiger partial charge in [-0.05, 0) is 30.5 Å². The van der Waals surface area contributed by atoms with Gasteiger partial charge in [-0.1, -0.05) is 77.3 Å². The number of rotatable bonds is 13. The molecule has 0 heterocycles. The predicted molar refractivity (Wildman–Crippen MR) is 93.2 cm³/mol. The Kier molecular flexibility index (Phi) is 10.8. The van der Waals surface area contributed by atoms with Crippen molar-refractivity contribution in [2.24, 2.45) is 5.92 Å². The van der Waals surface area contributed by atoms with E-state index in [-0.39, 0.29) is 12.7 Å². The van der Waals surface area contributed by atoms with Gasteiger partial charge in [-0.25, -0.2) is 0 Å². The molecule has 22 heavy (non-hydrogen) atoms. The number of ether oxygens (including phenoxy) is 1. The van der Waals surface area contributed by atoms with Crippen LogP contribution in [0.25, 0.3) is 0 Å². The second-order valence-electron chi connectivity index (χ2n) is 6.32. The van der Waals surface area contributed by atoms with Crippen LogP contribution >= 0.6 is 0 Å². The summed E-state index contributed by atoms with van der Waals surface area (Å²) in [5.74, 6) is 1.20. The van der Waals surface area contributed by atoms with Crippen LogP contribution in [-0.4, -0.2) is 17.8 Å². The molecule has 0 aliphatic carbocycles. The first-order valence-electron chi connectivity index (χ1n) is 9.01. The van der Waals surface area contributed by atoms with Crippen LogP contribution in [0.5, 0.6) is 5.75 Å². The van der Waals surface area contributed by atoms with Crippen LogP contribution < -0.4 is 4.74 Å². The Labute approximate surface area is 136 Å². The van der Waals surface area contributed by atoms with Gasteiger partial charge in [0.05, 0.1) is 6.61 Å². The molecular formula is C20H33O2. The van der Waals surface area contributed by atoms with Crippen LogP contribution in [0.1, 0.15) is 71.6 Å². The standard InChI is InChI=1S/C20H33O2/c1-3-4-5-6-7-8-9-11-14-18(2)20(17-21)22-19-15-12-10-13-16-19/h12-13,15-16,18,20-21H,3-9,11,14,17H2,1-2H3. The van der Waals surface area contributed by atoms with Gasteiger partial charge in [0.15, 0.2) is 0 Å². The SMILES string of the molecule is CCCCCCCCCCC(C)C(CO)Oc1cc[c]cc1. The molecule has 2 unspecified atom stereocenters. The molecule has 2 nitrogen and oxygen atoms in total. The minimum Gasteiger partial charge on any atom is -0.488 e. The molecule has 1 radical (unpaired) electrons. The highest BCUT2D eigenvalue weighted by atomic mass is 16.5. The molecule has 0 aliphatic rings. The first-order valence-corrected chi connectivity index (χ1v) is 9.01. The topological polar surface area (TPSA) is 29.5 Å². The minimum atomic E-state index is -0.105. The molecule has 1 aromatic rings. The summed E-state index contributed by atoms with van der Waals surface area (Å²) in [6.45, 7) is 4.52. The van der Waals surface area contributed by atoms with Crippen LogP contribution in [0.2, 0.25) is 0 Å². The summed E-state index contributed by atoms with van der Waals surface area (Å²) < 4.78 is 5.88. The fourth-order valence-corrected chi connectivity index (χ4v) is 2.74. The van der Waals surface area contributed by atoms with E-state index in [2.05, 4.69) is 19.9 Å². The molecule has 1 aromatic carbocycles. The third-order valence-corrected chi connectivity index (χ3v) is 4.30. The number of unbranched alkanes of at least 4 members (excludes halogenated alkanes) is 7. The molecule has 1 N–H and O–H groups in total. The zero-order valence-electron chi connectivity index (χ0n) is 14.4. The lowest BCUT2D eigenvalue weighted by Gasteiger charge is -2.23. The van der Waals surface area contributed by atoms with E-state index in [1.807, 2.05) is 24.3 Å². The lowest BCUT2D eigenvalue weighted by Crippen LogP contribution is -2.29. The quantitative estimate of drug-likeness (QED) is 0.495. The highest BCUT2D eigenvalue weighted by molar-refractivity contribution is 5.20. The molecule has 0 amide bonds. The summed E-state index contributed by atoms with van der Waals surface area (Å²) in [7, 11) is 0. The maximum absolute atomic E-state index is 9.55. The smallest absolute Gasteiger partial charge is 0.124 e. The van der Waals surface area contributed by atoms with Crippen LogP contribution in [0.3, 0.4) is 0 Å². The van der Waals surface area contributed by atoms with Crippen LogP contribution in [-0.2, 0) is 0 Å². The minimum absolute atomic E-state index is 0.0802. The third kappa shape index (κ3) is 8.43. The van der Waals surface area contributed by atoms with Gasteiger partial charge in [0.25, 0.3) is 0 Å². The maximum atomic E-state index is 9.55. The first kappa shape index (κ1) is 19.0. The highest BCUT2D eigenvalue weighted by Gasteiger charge is 2.17. The number of hydrogen-bond donors (Lipinski definition) is 1. The molecule has 0 saturated carbocycles. The molecule has 2 atom stereocenters. The number of hydrogen-bond acceptors (Lipinski definition) is 2. The van der Waals surface area contributed by atoms with Gasteiger partial charge >= 0.3 is 0 Å². The average Bonchev–Trinajstić information content (AvgIpc) is 2.55. The number of aliphatic hydroxyl groups excluding tert-OH is 1. The van der Waals surface area contributed by atoms with Crippen molar-refractivity contribution in [3.8, 4) is 5.75 Å². The Morgan fingerprint density at radius 1 is 1.00 bits per heavy atom. The lowest BCUT2D eigenvalue weighted by atomic mass is 9.97. The molecule has 0 bridgehead atoms. The Morgan fingerprint density at radius 3 is 2.18 bits per heavy atom. The van der Waals surface area contributed by atoms with Crippen molar-refractivity contribution >= 4 is 0 Å². The Hall–Kier alpha value is -1.02. The maximum Gasteiger partial charge on any atom is 0.124 e.